The Morgan fingerprint density at radius 3 is 2.57 bits per heavy atom. The highest BCUT2D eigenvalue weighted by atomic mass is 15.0. The van der Waals surface area contributed by atoms with E-state index in [1.165, 1.54) is 22.3 Å². The van der Waals surface area contributed by atoms with Crippen LogP contribution >= 0.6 is 0 Å². The fraction of sp³-hybridized carbons (Fsp3) is 0.308. The van der Waals surface area contributed by atoms with E-state index in [2.05, 4.69) is 56.0 Å². The molecule has 72 valence electrons. The average Bonchev–Trinajstić information content (AvgIpc) is 2.57. The van der Waals surface area contributed by atoms with Crippen LogP contribution < -0.4 is 0 Å². The quantitative estimate of drug-likeness (QED) is 0.593. The van der Waals surface area contributed by atoms with E-state index in [1.807, 2.05) is 0 Å². The Labute approximate surface area is 85.4 Å². The molecule has 1 aromatic rings. The number of rotatable bonds is 1. The summed E-state index contributed by atoms with van der Waals surface area (Å²) in [5.41, 5.74) is 5.65. The van der Waals surface area contributed by atoms with Gasteiger partial charge in [0.25, 0.3) is 0 Å². The van der Waals surface area contributed by atoms with Gasteiger partial charge in [-0.1, -0.05) is 12.1 Å². The molecule has 0 spiro atoms. The third-order valence-electron chi connectivity index (χ3n) is 2.79. The van der Waals surface area contributed by atoms with Crippen LogP contribution in [0, 0.1) is 13.8 Å². The van der Waals surface area contributed by atoms with Crippen molar-refractivity contribution in [2.45, 2.75) is 27.3 Å². The smallest absolute Gasteiger partial charge is 0.177 e. The molecule has 1 nitrogen and oxygen atoms in total. The Balaban J connectivity index is 2.50. The van der Waals surface area contributed by atoms with Crippen molar-refractivity contribution in [3.63, 3.8) is 0 Å². The van der Waals surface area contributed by atoms with Crippen LogP contribution in [0.25, 0.3) is 0 Å². The van der Waals surface area contributed by atoms with Crippen molar-refractivity contribution >= 4 is 6.21 Å². The lowest BCUT2D eigenvalue weighted by Crippen LogP contribution is -1.97. The van der Waals surface area contributed by atoms with Crippen molar-refractivity contribution in [2.75, 3.05) is 0 Å². The van der Waals surface area contributed by atoms with Gasteiger partial charge in [0.2, 0.25) is 0 Å². The zero-order valence-corrected chi connectivity index (χ0v) is 9.04. The summed E-state index contributed by atoms with van der Waals surface area (Å²) in [4.78, 5) is 0. The van der Waals surface area contributed by atoms with Crippen molar-refractivity contribution in [1.82, 2.24) is 0 Å². The highest BCUT2D eigenvalue weighted by Gasteiger charge is 2.20. The molecule has 0 radical (unpaired) electrons. The molecule has 0 aromatic heterocycles. The van der Waals surface area contributed by atoms with Crippen molar-refractivity contribution in [1.29, 1.82) is 0 Å². The molecule has 1 aliphatic rings. The largest absolute Gasteiger partial charge is 0.200 e. The molecule has 1 aliphatic heterocycles. The lowest BCUT2D eigenvalue weighted by molar-refractivity contribution is -0.464. The summed E-state index contributed by atoms with van der Waals surface area (Å²) in [6.45, 7) is 7.43. The molecule has 0 N–H and O–H groups in total. The maximum atomic E-state index is 2.24. The normalized spacial score (nSPS) is 14.6. The maximum absolute atomic E-state index is 2.24. The average molecular weight is 186 g/mol. The highest BCUT2D eigenvalue weighted by Crippen LogP contribution is 2.21. The molecule has 1 aromatic carbocycles. The molecule has 2 rings (SSSR count). The molecule has 1 heterocycles. The number of nitrogens with zero attached hydrogens (tertiary/aromatic N) is 1. The Morgan fingerprint density at radius 2 is 1.93 bits per heavy atom. The minimum absolute atomic E-state index is 1.02. The van der Waals surface area contributed by atoms with Gasteiger partial charge in [0, 0.05) is 5.56 Å². The molecule has 14 heavy (non-hydrogen) atoms. The van der Waals surface area contributed by atoms with Gasteiger partial charge in [0.05, 0.1) is 5.56 Å². The topological polar surface area (TPSA) is 3.01 Å². The third kappa shape index (κ3) is 1.39. The van der Waals surface area contributed by atoms with Crippen molar-refractivity contribution in [3.05, 3.63) is 46.7 Å². The molecule has 0 saturated heterocycles. The number of hydrogen-bond acceptors (Lipinski definition) is 0. The summed E-state index contributed by atoms with van der Waals surface area (Å²) >= 11 is 0. The van der Waals surface area contributed by atoms with E-state index in [4.69, 9.17) is 0 Å². The minimum atomic E-state index is 1.02. The van der Waals surface area contributed by atoms with E-state index in [-0.39, 0.29) is 0 Å². The van der Waals surface area contributed by atoms with Crippen molar-refractivity contribution in [2.24, 2.45) is 0 Å². The first-order valence-corrected chi connectivity index (χ1v) is 5.05. The summed E-state index contributed by atoms with van der Waals surface area (Å²) in [7, 11) is 0. The van der Waals surface area contributed by atoms with Crippen LogP contribution in [0.4, 0.5) is 0 Å². The molecule has 0 amide bonds. The highest BCUT2D eigenvalue weighted by molar-refractivity contribution is 5.82. The number of benzene rings is 1. The fourth-order valence-electron chi connectivity index (χ4n) is 1.96. The zero-order chi connectivity index (χ0) is 10.1. The van der Waals surface area contributed by atoms with Crippen LogP contribution in [0.15, 0.2) is 24.4 Å². The van der Waals surface area contributed by atoms with Gasteiger partial charge >= 0.3 is 0 Å². The summed E-state index contributed by atoms with van der Waals surface area (Å²) in [6, 6.07) is 4.41. The molecule has 0 bridgehead atoms. The lowest BCUT2D eigenvalue weighted by atomic mass is 10.00. The summed E-state index contributed by atoms with van der Waals surface area (Å²) in [6.07, 6.45) is 6.43. The predicted molar refractivity (Wildman–Crippen MR) is 59.9 cm³/mol. The lowest BCUT2D eigenvalue weighted by Gasteiger charge is -2.01. The molecular weight excluding hydrogens is 170 g/mol. The molecule has 0 aliphatic carbocycles. The number of allylic oxidation sites excluding steroid dienone is 1. The van der Waals surface area contributed by atoms with E-state index < -0.39 is 0 Å². The van der Waals surface area contributed by atoms with Gasteiger partial charge < -0.3 is 0 Å². The first-order valence-electron chi connectivity index (χ1n) is 5.05. The Hall–Kier alpha value is -1.37. The van der Waals surface area contributed by atoms with Crippen LogP contribution in [-0.4, -0.2) is 10.8 Å². The molecule has 0 atom stereocenters. The van der Waals surface area contributed by atoms with Gasteiger partial charge in [-0.3, -0.25) is 0 Å². The van der Waals surface area contributed by atoms with E-state index in [1.54, 1.807) is 0 Å². The first kappa shape index (κ1) is 9.20. The maximum Gasteiger partial charge on any atom is 0.177 e. The number of aryl methyl sites for hydroxylation is 2. The van der Waals surface area contributed by atoms with E-state index in [0.717, 1.165) is 6.54 Å². The van der Waals surface area contributed by atoms with E-state index in [9.17, 15) is 0 Å². The monoisotopic (exact) mass is 186 g/mol. The first-order chi connectivity index (χ1) is 6.72. The van der Waals surface area contributed by atoms with Gasteiger partial charge in [-0.05, 0) is 38.0 Å². The van der Waals surface area contributed by atoms with Gasteiger partial charge in [0.15, 0.2) is 19.0 Å². The number of fused-ring (bicyclic) bond motifs is 1. The fourth-order valence-corrected chi connectivity index (χ4v) is 1.96. The third-order valence-corrected chi connectivity index (χ3v) is 2.79. The predicted octanol–water partition coefficient (Wildman–Crippen LogP) is 2.78. The standard InChI is InChI=1S/C13H16N/c1-4-7-14-8-12-10(2)5-6-11(3)13(12)9-14/h4-8H,9H2,1-3H3/q+1/b7-4+. The Bertz CT molecular complexity index is 425. The number of hydrogen-bond donors (Lipinski definition) is 0. The van der Waals surface area contributed by atoms with Crippen LogP contribution in [0.1, 0.15) is 29.2 Å². The second-order valence-electron chi connectivity index (χ2n) is 3.88. The van der Waals surface area contributed by atoms with Gasteiger partial charge in [0.1, 0.15) is 0 Å². The Morgan fingerprint density at radius 1 is 1.21 bits per heavy atom. The van der Waals surface area contributed by atoms with Crippen molar-refractivity contribution < 1.29 is 4.58 Å². The van der Waals surface area contributed by atoms with Crippen molar-refractivity contribution in [3.8, 4) is 0 Å². The summed E-state index contributed by atoms with van der Waals surface area (Å²) < 4.78 is 2.24. The molecule has 1 heteroatoms. The van der Waals surface area contributed by atoms with E-state index >= 15 is 0 Å². The summed E-state index contributed by atoms with van der Waals surface area (Å²) in [5.74, 6) is 0. The summed E-state index contributed by atoms with van der Waals surface area (Å²) in [5, 5.41) is 0. The SMILES string of the molecule is C/C=C/[N+]1=Cc2c(C)ccc(C)c2C1. The van der Waals surface area contributed by atoms with E-state index in [0.29, 0.717) is 0 Å². The van der Waals surface area contributed by atoms with Gasteiger partial charge in [-0.25, -0.2) is 4.58 Å². The van der Waals surface area contributed by atoms with Crippen LogP contribution in [0.2, 0.25) is 0 Å². The zero-order valence-electron chi connectivity index (χ0n) is 9.04. The van der Waals surface area contributed by atoms with Gasteiger partial charge in [-0.2, -0.15) is 0 Å². The second-order valence-corrected chi connectivity index (χ2v) is 3.88. The van der Waals surface area contributed by atoms with Crippen LogP contribution in [0.5, 0.6) is 0 Å². The minimum Gasteiger partial charge on any atom is -0.200 e. The Kier molecular flexibility index (Phi) is 2.24. The molecule has 0 fully saturated rings. The molecule has 0 unspecified atom stereocenters. The van der Waals surface area contributed by atoms with Crippen LogP contribution in [-0.2, 0) is 6.54 Å². The van der Waals surface area contributed by atoms with Gasteiger partial charge in [-0.15, -0.1) is 0 Å². The molecule has 0 saturated carbocycles. The van der Waals surface area contributed by atoms with Crippen LogP contribution in [0.3, 0.4) is 0 Å². The molecular formula is C13H16N+. The second kappa shape index (κ2) is 3.41.